The fourth-order valence-electron chi connectivity index (χ4n) is 2.57. The van der Waals surface area contributed by atoms with Crippen LogP contribution in [-0.2, 0) is 6.54 Å². The van der Waals surface area contributed by atoms with Crippen molar-refractivity contribution in [1.29, 1.82) is 0 Å². The minimum absolute atomic E-state index is 0.0323. The molecule has 0 spiro atoms. The number of hydrogen-bond donors (Lipinski definition) is 0. The molecule has 0 amide bonds. The Morgan fingerprint density at radius 1 is 0.909 bits per heavy atom. The molecule has 0 saturated heterocycles. The number of benzene rings is 2. The van der Waals surface area contributed by atoms with E-state index in [4.69, 9.17) is 11.6 Å². The Morgan fingerprint density at radius 2 is 1.50 bits per heavy atom. The Labute approximate surface area is 139 Å². The van der Waals surface area contributed by atoms with Crippen molar-refractivity contribution in [2.24, 2.45) is 0 Å². The van der Waals surface area contributed by atoms with Gasteiger partial charge in [0.2, 0.25) is 0 Å². The van der Waals surface area contributed by atoms with E-state index in [2.05, 4.69) is 80.3 Å². The molecule has 0 N–H and O–H groups in total. The summed E-state index contributed by atoms with van der Waals surface area (Å²) in [5, 5.41) is 0.0323. The van der Waals surface area contributed by atoms with Gasteiger partial charge in [-0.3, -0.25) is 4.90 Å². The highest BCUT2D eigenvalue weighted by atomic mass is 35.5. The van der Waals surface area contributed by atoms with E-state index in [1.165, 1.54) is 16.7 Å². The van der Waals surface area contributed by atoms with E-state index >= 15 is 0 Å². The summed E-state index contributed by atoms with van der Waals surface area (Å²) in [7, 11) is 0. The van der Waals surface area contributed by atoms with E-state index in [0.717, 1.165) is 19.6 Å². The van der Waals surface area contributed by atoms with Crippen LogP contribution < -0.4 is 0 Å². The number of hydrogen-bond acceptors (Lipinski definition) is 1. The van der Waals surface area contributed by atoms with Crippen molar-refractivity contribution in [3.63, 3.8) is 0 Å². The second kappa shape index (κ2) is 8.36. The number of rotatable bonds is 7. The molecule has 22 heavy (non-hydrogen) atoms. The zero-order valence-electron chi connectivity index (χ0n) is 13.8. The molecule has 0 aliphatic carbocycles. The lowest BCUT2D eigenvalue weighted by Gasteiger charge is -2.23. The molecule has 2 aromatic rings. The first-order valence-corrected chi connectivity index (χ1v) is 8.54. The standard InChI is InChI=1S/C20H26ClN/c1-4-22(14-17-8-6-5-7-9-17)15-20(21)19-12-10-18(11-13-19)16(2)3/h5-13,16,20H,4,14-15H2,1-3H3. The Bertz CT molecular complexity index is 548. The van der Waals surface area contributed by atoms with Crippen LogP contribution in [0.4, 0.5) is 0 Å². The third kappa shape index (κ3) is 4.86. The van der Waals surface area contributed by atoms with E-state index in [9.17, 15) is 0 Å². The fraction of sp³-hybridized carbons (Fsp3) is 0.400. The van der Waals surface area contributed by atoms with Crippen LogP contribution >= 0.6 is 11.6 Å². The highest BCUT2D eigenvalue weighted by molar-refractivity contribution is 6.21. The van der Waals surface area contributed by atoms with E-state index in [0.29, 0.717) is 5.92 Å². The third-order valence-electron chi connectivity index (χ3n) is 4.08. The summed E-state index contributed by atoms with van der Waals surface area (Å²) in [6.07, 6.45) is 0. The van der Waals surface area contributed by atoms with Crippen molar-refractivity contribution in [3.8, 4) is 0 Å². The van der Waals surface area contributed by atoms with Crippen LogP contribution in [0.3, 0.4) is 0 Å². The normalized spacial score (nSPS) is 12.8. The largest absolute Gasteiger partial charge is 0.298 e. The van der Waals surface area contributed by atoms with Gasteiger partial charge in [0.25, 0.3) is 0 Å². The van der Waals surface area contributed by atoms with E-state index in [-0.39, 0.29) is 5.38 Å². The van der Waals surface area contributed by atoms with Crippen LogP contribution in [0, 0.1) is 0 Å². The fourth-order valence-corrected chi connectivity index (χ4v) is 2.91. The van der Waals surface area contributed by atoms with E-state index < -0.39 is 0 Å². The summed E-state index contributed by atoms with van der Waals surface area (Å²) in [6, 6.07) is 19.3. The Balaban J connectivity index is 1.98. The quantitative estimate of drug-likeness (QED) is 0.600. The van der Waals surface area contributed by atoms with Gasteiger partial charge in [0, 0.05) is 13.1 Å². The summed E-state index contributed by atoms with van der Waals surface area (Å²) >= 11 is 6.64. The van der Waals surface area contributed by atoms with Crippen LogP contribution in [0.1, 0.15) is 48.8 Å². The van der Waals surface area contributed by atoms with Gasteiger partial charge in [0.1, 0.15) is 0 Å². The molecule has 0 saturated carbocycles. The Kier molecular flexibility index (Phi) is 6.48. The Hall–Kier alpha value is -1.31. The minimum Gasteiger partial charge on any atom is -0.298 e. The van der Waals surface area contributed by atoms with Crippen LogP contribution in [0.25, 0.3) is 0 Å². The van der Waals surface area contributed by atoms with E-state index in [1.807, 2.05) is 0 Å². The second-order valence-electron chi connectivity index (χ2n) is 6.10. The summed E-state index contributed by atoms with van der Waals surface area (Å²) in [5.41, 5.74) is 3.91. The molecule has 1 nitrogen and oxygen atoms in total. The van der Waals surface area contributed by atoms with Crippen molar-refractivity contribution in [2.45, 2.75) is 38.6 Å². The lowest BCUT2D eigenvalue weighted by Crippen LogP contribution is -2.26. The molecule has 118 valence electrons. The topological polar surface area (TPSA) is 3.24 Å². The van der Waals surface area contributed by atoms with Gasteiger partial charge in [-0.25, -0.2) is 0 Å². The van der Waals surface area contributed by atoms with Crippen LogP contribution in [-0.4, -0.2) is 18.0 Å². The van der Waals surface area contributed by atoms with Crippen molar-refractivity contribution in [3.05, 3.63) is 71.3 Å². The van der Waals surface area contributed by atoms with Gasteiger partial charge in [-0.2, -0.15) is 0 Å². The first kappa shape index (κ1) is 17.1. The average Bonchev–Trinajstić information content (AvgIpc) is 2.55. The summed E-state index contributed by atoms with van der Waals surface area (Å²) < 4.78 is 0. The van der Waals surface area contributed by atoms with Gasteiger partial charge in [0.05, 0.1) is 5.38 Å². The van der Waals surface area contributed by atoms with Crippen LogP contribution in [0.15, 0.2) is 54.6 Å². The lowest BCUT2D eigenvalue weighted by molar-refractivity contribution is 0.280. The molecule has 0 aromatic heterocycles. The SMILES string of the molecule is CCN(Cc1ccccc1)CC(Cl)c1ccc(C(C)C)cc1. The van der Waals surface area contributed by atoms with Gasteiger partial charge in [-0.15, -0.1) is 11.6 Å². The summed E-state index contributed by atoms with van der Waals surface area (Å²) in [5.74, 6) is 0.563. The van der Waals surface area contributed by atoms with Crippen LogP contribution in [0.5, 0.6) is 0 Å². The monoisotopic (exact) mass is 315 g/mol. The summed E-state index contributed by atoms with van der Waals surface area (Å²) in [4.78, 5) is 2.39. The second-order valence-corrected chi connectivity index (χ2v) is 6.63. The summed E-state index contributed by atoms with van der Waals surface area (Å²) in [6.45, 7) is 9.44. The van der Waals surface area contributed by atoms with E-state index in [1.54, 1.807) is 0 Å². The van der Waals surface area contributed by atoms with Gasteiger partial charge < -0.3 is 0 Å². The smallest absolute Gasteiger partial charge is 0.0712 e. The first-order chi connectivity index (χ1) is 10.6. The molecular formula is C20H26ClN. The molecule has 2 heteroatoms. The molecule has 0 aliphatic rings. The zero-order chi connectivity index (χ0) is 15.9. The third-order valence-corrected chi connectivity index (χ3v) is 4.47. The van der Waals surface area contributed by atoms with Crippen LogP contribution in [0.2, 0.25) is 0 Å². The highest BCUT2D eigenvalue weighted by Gasteiger charge is 2.13. The van der Waals surface area contributed by atoms with Gasteiger partial charge in [0.15, 0.2) is 0 Å². The highest BCUT2D eigenvalue weighted by Crippen LogP contribution is 2.24. The van der Waals surface area contributed by atoms with Gasteiger partial charge in [-0.05, 0) is 29.2 Å². The average molecular weight is 316 g/mol. The predicted octanol–water partition coefficient (Wildman–Crippen LogP) is 5.61. The number of halogens is 1. The molecule has 1 atom stereocenters. The molecule has 0 heterocycles. The van der Waals surface area contributed by atoms with Crippen molar-refractivity contribution >= 4 is 11.6 Å². The maximum absolute atomic E-state index is 6.64. The molecule has 0 fully saturated rings. The predicted molar refractivity (Wildman–Crippen MR) is 96.5 cm³/mol. The maximum atomic E-state index is 6.64. The number of likely N-dealkylation sites (N-methyl/N-ethyl adjacent to an activating group) is 1. The molecule has 1 unspecified atom stereocenters. The molecule has 0 radical (unpaired) electrons. The van der Waals surface area contributed by atoms with Crippen molar-refractivity contribution in [2.75, 3.05) is 13.1 Å². The number of nitrogens with zero attached hydrogens (tertiary/aromatic N) is 1. The molecule has 2 aromatic carbocycles. The van der Waals surface area contributed by atoms with Crippen molar-refractivity contribution in [1.82, 2.24) is 4.90 Å². The van der Waals surface area contributed by atoms with Gasteiger partial charge >= 0.3 is 0 Å². The minimum atomic E-state index is 0.0323. The zero-order valence-corrected chi connectivity index (χ0v) is 14.6. The molecular weight excluding hydrogens is 290 g/mol. The first-order valence-electron chi connectivity index (χ1n) is 8.10. The van der Waals surface area contributed by atoms with Crippen molar-refractivity contribution < 1.29 is 0 Å². The lowest BCUT2D eigenvalue weighted by atomic mass is 10.0. The maximum Gasteiger partial charge on any atom is 0.0712 e. The molecule has 0 bridgehead atoms. The molecule has 2 rings (SSSR count). The molecule has 0 aliphatic heterocycles. The number of alkyl halides is 1. The van der Waals surface area contributed by atoms with Gasteiger partial charge in [-0.1, -0.05) is 75.4 Å². The Morgan fingerprint density at radius 3 is 2.05 bits per heavy atom.